The summed E-state index contributed by atoms with van der Waals surface area (Å²) in [5, 5.41) is 1.09. The minimum atomic E-state index is -0.0102. The molecule has 3 heterocycles. The van der Waals surface area contributed by atoms with Crippen molar-refractivity contribution in [1.82, 2.24) is 14.4 Å². The fourth-order valence-electron chi connectivity index (χ4n) is 5.19. The zero-order valence-corrected chi connectivity index (χ0v) is 18.7. The van der Waals surface area contributed by atoms with Crippen molar-refractivity contribution in [2.24, 2.45) is 12.5 Å². The number of piperidine rings is 1. The lowest BCUT2D eigenvalue weighted by atomic mass is 9.77. The number of likely N-dealkylation sites (tertiary alicyclic amines) is 2. The Morgan fingerprint density at radius 3 is 2.53 bits per heavy atom. The Balaban J connectivity index is 1.22. The molecule has 2 aliphatic heterocycles. The summed E-state index contributed by atoms with van der Waals surface area (Å²) < 4.78 is 7.28. The fourth-order valence-corrected chi connectivity index (χ4v) is 5.19. The Kier molecular flexibility index (Phi) is 5.16. The number of fused-ring (bicyclic) bond motifs is 1. The lowest BCUT2D eigenvalue weighted by molar-refractivity contribution is -0.128. The highest BCUT2D eigenvalue weighted by Gasteiger charge is 2.45. The second kappa shape index (κ2) is 8.01. The van der Waals surface area contributed by atoms with E-state index in [2.05, 4.69) is 4.57 Å². The summed E-state index contributed by atoms with van der Waals surface area (Å²) in [6, 6.07) is 15.9. The number of ether oxygens (including phenoxy) is 1. The molecule has 6 heteroatoms. The summed E-state index contributed by atoms with van der Waals surface area (Å²) in [7, 11) is 3.66. The van der Waals surface area contributed by atoms with Gasteiger partial charge in [0.25, 0.3) is 5.91 Å². The molecule has 2 aliphatic rings. The van der Waals surface area contributed by atoms with Gasteiger partial charge in [-0.15, -0.1) is 0 Å². The number of hydrogen-bond donors (Lipinski definition) is 0. The van der Waals surface area contributed by atoms with E-state index < -0.39 is 0 Å². The molecule has 3 aromatic rings. The molecule has 0 atom stereocenters. The van der Waals surface area contributed by atoms with E-state index >= 15 is 0 Å². The van der Waals surface area contributed by atoms with Gasteiger partial charge in [-0.2, -0.15) is 0 Å². The first kappa shape index (κ1) is 20.6. The number of nitrogens with zero attached hydrogens (tertiary/aromatic N) is 3. The third-order valence-electron chi connectivity index (χ3n) is 7.18. The number of aryl methyl sites for hydroxylation is 1. The molecule has 0 aliphatic carbocycles. The standard InChI is InChI=1S/C26H29N3O3/c1-27-12-9-20-15-21(5-8-23(20)27)25(31)28-13-10-26(11-14-28)16-24(30)29(18-26)17-19-3-6-22(32-2)7-4-19/h3-9,12,15H,10-11,13-14,16-18H2,1-2H3. The SMILES string of the molecule is COc1ccc(CN2CC3(CCN(C(=O)c4ccc5c(ccn5C)c4)CC3)CC2=O)cc1. The summed E-state index contributed by atoms with van der Waals surface area (Å²) in [6.07, 6.45) is 4.34. The van der Waals surface area contributed by atoms with Crippen LogP contribution in [-0.2, 0) is 18.4 Å². The van der Waals surface area contributed by atoms with Crippen molar-refractivity contribution in [3.05, 3.63) is 65.9 Å². The van der Waals surface area contributed by atoms with Gasteiger partial charge in [-0.3, -0.25) is 9.59 Å². The van der Waals surface area contributed by atoms with Gasteiger partial charge in [0, 0.05) is 67.7 Å². The first-order valence-electron chi connectivity index (χ1n) is 11.2. The van der Waals surface area contributed by atoms with Crippen LogP contribution >= 0.6 is 0 Å². The number of carbonyl (C=O) groups excluding carboxylic acids is 2. The van der Waals surface area contributed by atoms with Gasteiger partial charge in [0.05, 0.1) is 7.11 Å². The van der Waals surface area contributed by atoms with Crippen molar-refractivity contribution in [3.63, 3.8) is 0 Å². The third kappa shape index (κ3) is 3.74. The minimum absolute atomic E-state index is 0.0102. The minimum Gasteiger partial charge on any atom is -0.497 e. The van der Waals surface area contributed by atoms with Crippen molar-refractivity contribution in [1.29, 1.82) is 0 Å². The molecule has 32 heavy (non-hydrogen) atoms. The van der Waals surface area contributed by atoms with E-state index in [1.54, 1.807) is 7.11 Å². The Labute approximate surface area is 188 Å². The Bertz CT molecular complexity index is 1160. The van der Waals surface area contributed by atoms with Crippen LogP contribution in [0.5, 0.6) is 5.75 Å². The second-order valence-corrected chi connectivity index (χ2v) is 9.27. The largest absolute Gasteiger partial charge is 0.497 e. The molecule has 1 aromatic heterocycles. The van der Waals surface area contributed by atoms with Crippen molar-refractivity contribution >= 4 is 22.7 Å². The maximum atomic E-state index is 13.1. The maximum Gasteiger partial charge on any atom is 0.253 e. The van der Waals surface area contributed by atoms with Gasteiger partial charge < -0.3 is 19.1 Å². The molecule has 0 radical (unpaired) electrons. The zero-order chi connectivity index (χ0) is 22.3. The number of hydrogen-bond acceptors (Lipinski definition) is 3. The third-order valence-corrected chi connectivity index (χ3v) is 7.18. The van der Waals surface area contributed by atoms with E-state index in [1.165, 1.54) is 0 Å². The molecule has 2 saturated heterocycles. The highest BCUT2D eigenvalue weighted by atomic mass is 16.5. The topological polar surface area (TPSA) is 54.8 Å². The van der Waals surface area contributed by atoms with E-state index in [-0.39, 0.29) is 17.2 Å². The number of benzene rings is 2. The van der Waals surface area contributed by atoms with Gasteiger partial charge in [-0.1, -0.05) is 12.1 Å². The lowest BCUT2D eigenvalue weighted by Crippen LogP contribution is -2.44. The van der Waals surface area contributed by atoms with Crippen LogP contribution in [0, 0.1) is 5.41 Å². The van der Waals surface area contributed by atoms with Gasteiger partial charge in [0.1, 0.15) is 5.75 Å². The predicted octanol–water partition coefficient (Wildman–Crippen LogP) is 3.84. The van der Waals surface area contributed by atoms with Crippen LogP contribution < -0.4 is 4.74 Å². The van der Waals surface area contributed by atoms with Crippen LogP contribution in [-0.4, -0.2) is 52.9 Å². The van der Waals surface area contributed by atoms with Crippen LogP contribution in [0.3, 0.4) is 0 Å². The maximum absolute atomic E-state index is 13.1. The smallest absolute Gasteiger partial charge is 0.253 e. The molecule has 2 amide bonds. The van der Waals surface area contributed by atoms with Gasteiger partial charge in [-0.25, -0.2) is 0 Å². The molecule has 0 saturated carbocycles. The first-order chi connectivity index (χ1) is 15.5. The summed E-state index contributed by atoms with van der Waals surface area (Å²) in [5.41, 5.74) is 2.97. The molecule has 5 rings (SSSR count). The van der Waals surface area contributed by atoms with E-state index in [0.717, 1.165) is 47.2 Å². The number of carbonyl (C=O) groups is 2. The molecule has 6 nitrogen and oxygen atoms in total. The van der Waals surface area contributed by atoms with Crippen molar-refractivity contribution in [2.45, 2.75) is 25.8 Å². The molecule has 0 bridgehead atoms. The van der Waals surface area contributed by atoms with Crippen LogP contribution in [0.1, 0.15) is 35.2 Å². The molecule has 0 unspecified atom stereocenters. The molecule has 0 N–H and O–H groups in total. The normalized spacial score (nSPS) is 18.0. The first-order valence-corrected chi connectivity index (χ1v) is 11.2. The summed E-state index contributed by atoms with van der Waals surface area (Å²) in [6.45, 7) is 2.81. The molecule has 2 aromatic carbocycles. The molecular formula is C26H29N3O3. The van der Waals surface area contributed by atoms with E-state index in [0.29, 0.717) is 26.1 Å². The van der Waals surface area contributed by atoms with Gasteiger partial charge in [0.15, 0.2) is 0 Å². The van der Waals surface area contributed by atoms with Gasteiger partial charge in [0.2, 0.25) is 5.91 Å². The molecule has 1 spiro atoms. The van der Waals surface area contributed by atoms with E-state index in [1.807, 2.05) is 71.6 Å². The predicted molar refractivity (Wildman–Crippen MR) is 124 cm³/mol. The number of methoxy groups -OCH3 is 1. The van der Waals surface area contributed by atoms with Crippen molar-refractivity contribution in [2.75, 3.05) is 26.7 Å². The highest BCUT2D eigenvalue weighted by molar-refractivity contribution is 5.98. The number of rotatable bonds is 4. The lowest BCUT2D eigenvalue weighted by Gasteiger charge is -2.38. The monoisotopic (exact) mass is 431 g/mol. The van der Waals surface area contributed by atoms with Crippen LogP contribution in [0.2, 0.25) is 0 Å². The van der Waals surface area contributed by atoms with Crippen LogP contribution in [0.15, 0.2) is 54.7 Å². The summed E-state index contributed by atoms with van der Waals surface area (Å²) >= 11 is 0. The summed E-state index contributed by atoms with van der Waals surface area (Å²) in [5.74, 6) is 1.13. The highest BCUT2D eigenvalue weighted by Crippen LogP contribution is 2.41. The Morgan fingerprint density at radius 1 is 1.06 bits per heavy atom. The van der Waals surface area contributed by atoms with Crippen molar-refractivity contribution < 1.29 is 14.3 Å². The second-order valence-electron chi connectivity index (χ2n) is 9.27. The Hall–Kier alpha value is -3.28. The van der Waals surface area contributed by atoms with Gasteiger partial charge in [-0.05, 0) is 54.8 Å². The summed E-state index contributed by atoms with van der Waals surface area (Å²) in [4.78, 5) is 29.8. The average Bonchev–Trinajstić information content (AvgIpc) is 3.33. The molecule has 2 fully saturated rings. The number of amides is 2. The molecular weight excluding hydrogens is 402 g/mol. The molecule has 166 valence electrons. The van der Waals surface area contributed by atoms with Gasteiger partial charge >= 0.3 is 0 Å². The fraction of sp³-hybridized carbons (Fsp3) is 0.385. The zero-order valence-electron chi connectivity index (χ0n) is 18.7. The Morgan fingerprint density at radius 2 is 1.81 bits per heavy atom. The van der Waals surface area contributed by atoms with Crippen LogP contribution in [0.4, 0.5) is 0 Å². The van der Waals surface area contributed by atoms with Crippen molar-refractivity contribution in [3.8, 4) is 5.75 Å². The quantitative estimate of drug-likeness (QED) is 0.631. The van der Waals surface area contributed by atoms with E-state index in [4.69, 9.17) is 4.74 Å². The average molecular weight is 432 g/mol. The van der Waals surface area contributed by atoms with Crippen LogP contribution in [0.25, 0.3) is 10.9 Å². The van der Waals surface area contributed by atoms with E-state index in [9.17, 15) is 9.59 Å². The number of aromatic nitrogens is 1.